The van der Waals surface area contributed by atoms with E-state index in [0.717, 1.165) is 17.9 Å². The molecule has 0 saturated carbocycles. The largest absolute Gasteiger partial charge is 0.466 e. The number of aryl methyl sites for hydroxylation is 2. The molecule has 1 aromatic rings. The van der Waals surface area contributed by atoms with E-state index in [0.29, 0.717) is 25.8 Å². The topological polar surface area (TPSA) is 67.6 Å². The van der Waals surface area contributed by atoms with Crippen molar-refractivity contribution in [3.8, 4) is 0 Å². The van der Waals surface area contributed by atoms with Crippen LogP contribution in [0.25, 0.3) is 0 Å². The summed E-state index contributed by atoms with van der Waals surface area (Å²) in [5.41, 5.74) is 0. The van der Waals surface area contributed by atoms with Gasteiger partial charge in [0.05, 0.1) is 11.5 Å². The number of hydrogen-bond acceptors (Lipinski definition) is 4. The summed E-state index contributed by atoms with van der Waals surface area (Å²) < 4.78 is 28.7. The lowest BCUT2D eigenvalue weighted by molar-refractivity contribution is -0.133. The molecule has 118 valence electrons. The Labute approximate surface area is 126 Å². The van der Waals surface area contributed by atoms with E-state index in [1.807, 2.05) is 26.0 Å². The molecular formula is C15H23NO4S. The maximum atomic E-state index is 12.4. The van der Waals surface area contributed by atoms with Crippen LogP contribution in [-0.2, 0) is 21.1 Å². The smallest absolute Gasteiger partial charge is 0.223 e. The predicted octanol–water partition coefficient (Wildman–Crippen LogP) is 1.95. The van der Waals surface area contributed by atoms with Crippen LogP contribution in [0.1, 0.15) is 37.7 Å². The first-order chi connectivity index (χ1) is 9.91. The van der Waals surface area contributed by atoms with Gasteiger partial charge in [-0.15, -0.1) is 0 Å². The van der Waals surface area contributed by atoms with Crippen molar-refractivity contribution in [2.24, 2.45) is 0 Å². The van der Waals surface area contributed by atoms with Crippen LogP contribution in [-0.4, -0.2) is 43.3 Å². The second-order valence-electron chi connectivity index (χ2n) is 5.66. The fourth-order valence-electron chi connectivity index (χ4n) is 2.77. The Morgan fingerprint density at radius 2 is 2.19 bits per heavy atom. The highest BCUT2D eigenvalue weighted by Gasteiger charge is 2.33. The van der Waals surface area contributed by atoms with Gasteiger partial charge in [0, 0.05) is 25.4 Å². The fourth-order valence-corrected chi connectivity index (χ4v) is 4.50. The van der Waals surface area contributed by atoms with Crippen LogP contribution in [0.4, 0.5) is 0 Å². The van der Waals surface area contributed by atoms with Crippen LogP contribution in [0, 0.1) is 6.92 Å². The summed E-state index contributed by atoms with van der Waals surface area (Å²) in [5.74, 6) is 1.97. The van der Waals surface area contributed by atoms with Crippen molar-refractivity contribution in [2.45, 2.75) is 45.6 Å². The Morgan fingerprint density at radius 3 is 2.71 bits per heavy atom. The number of nitrogens with zero attached hydrogens (tertiary/aromatic N) is 1. The molecule has 1 atom stereocenters. The summed E-state index contributed by atoms with van der Waals surface area (Å²) in [6, 6.07) is 3.61. The van der Waals surface area contributed by atoms with Crippen LogP contribution < -0.4 is 0 Å². The SMILES string of the molecule is CCCN(C(=O)CCc1ccc(C)o1)[C@H]1CCS(=O)(=O)C1. The minimum absolute atomic E-state index is 0.0213. The third kappa shape index (κ3) is 4.33. The van der Waals surface area contributed by atoms with Gasteiger partial charge >= 0.3 is 0 Å². The minimum Gasteiger partial charge on any atom is -0.466 e. The van der Waals surface area contributed by atoms with Crippen molar-refractivity contribution in [1.29, 1.82) is 0 Å². The molecule has 5 nitrogen and oxygen atoms in total. The van der Waals surface area contributed by atoms with E-state index in [4.69, 9.17) is 4.42 Å². The van der Waals surface area contributed by atoms with Crippen LogP contribution in [0.3, 0.4) is 0 Å². The van der Waals surface area contributed by atoms with E-state index in [1.54, 1.807) is 4.90 Å². The molecule has 1 saturated heterocycles. The summed E-state index contributed by atoms with van der Waals surface area (Å²) >= 11 is 0. The number of carbonyl (C=O) groups excluding carboxylic acids is 1. The molecule has 1 fully saturated rings. The van der Waals surface area contributed by atoms with Gasteiger partial charge in [-0.2, -0.15) is 0 Å². The minimum atomic E-state index is -2.97. The van der Waals surface area contributed by atoms with E-state index in [9.17, 15) is 13.2 Å². The van der Waals surface area contributed by atoms with Gasteiger partial charge in [-0.1, -0.05) is 6.92 Å². The fraction of sp³-hybridized carbons (Fsp3) is 0.667. The maximum Gasteiger partial charge on any atom is 0.223 e. The van der Waals surface area contributed by atoms with Crippen LogP contribution in [0.5, 0.6) is 0 Å². The summed E-state index contributed by atoms with van der Waals surface area (Å²) in [6.45, 7) is 4.49. The number of rotatable bonds is 6. The molecule has 0 spiro atoms. The molecule has 0 bridgehead atoms. The van der Waals surface area contributed by atoms with E-state index in [2.05, 4.69) is 0 Å². The third-order valence-electron chi connectivity index (χ3n) is 3.82. The van der Waals surface area contributed by atoms with Crippen LogP contribution in [0.15, 0.2) is 16.5 Å². The monoisotopic (exact) mass is 313 g/mol. The van der Waals surface area contributed by atoms with Crippen molar-refractivity contribution in [3.05, 3.63) is 23.7 Å². The normalized spacial score (nSPS) is 20.6. The first kappa shape index (κ1) is 16.1. The quantitative estimate of drug-likeness (QED) is 0.805. The molecule has 1 aromatic heterocycles. The Morgan fingerprint density at radius 1 is 1.43 bits per heavy atom. The molecule has 6 heteroatoms. The molecule has 2 rings (SSSR count). The molecule has 0 radical (unpaired) electrons. The van der Waals surface area contributed by atoms with Gasteiger partial charge in [-0.25, -0.2) is 8.42 Å². The van der Waals surface area contributed by atoms with Gasteiger partial charge in [-0.3, -0.25) is 4.79 Å². The molecule has 1 amide bonds. The predicted molar refractivity (Wildman–Crippen MR) is 80.8 cm³/mol. The standard InChI is InChI=1S/C15H23NO4S/c1-3-9-16(13-8-10-21(18,19)11-13)15(17)7-6-14-5-4-12(2)20-14/h4-5,13H,3,6-11H2,1-2H3/t13-/m0/s1. The molecule has 21 heavy (non-hydrogen) atoms. The van der Waals surface area contributed by atoms with Crippen molar-refractivity contribution in [2.75, 3.05) is 18.1 Å². The summed E-state index contributed by atoms with van der Waals surface area (Å²) in [7, 11) is -2.97. The summed E-state index contributed by atoms with van der Waals surface area (Å²) in [4.78, 5) is 14.2. The summed E-state index contributed by atoms with van der Waals surface area (Å²) in [6.07, 6.45) is 2.33. The van der Waals surface area contributed by atoms with Gasteiger partial charge < -0.3 is 9.32 Å². The average molecular weight is 313 g/mol. The van der Waals surface area contributed by atoms with E-state index in [-0.39, 0.29) is 23.5 Å². The second kappa shape index (κ2) is 6.64. The molecule has 1 aliphatic heterocycles. The number of hydrogen-bond donors (Lipinski definition) is 0. The molecule has 1 aliphatic rings. The van der Waals surface area contributed by atoms with Crippen LogP contribution >= 0.6 is 0 Å². The van der Waals surface area contributed by atoms with Crippen molar-refractivity contribution in [1.82, 2.24) is 4.90 Å². The number of sulfone groups is 1. The molecule has 0 unspecified atom stereocenters. The van der Waals surface area contributed by atoms with Crippen LogP contribution in [0.2, 0.25) is 0 Å². The number of furan rings is 1. The zero-order chi connectivity index (χ0) is 15.5. The zero-order valence-electron chi connectivity index (χ0n) is 12.7. The number of amides is 1. The highest BCUT2D eigenvalue weighted by Crippen LogP contribution is 2.20. The van der Waals surface area contributed by atoms with Gasteiger partial charge in [-0.05, 0) is 31.9 Å². The highest BCUT2D eigenvalue weighted by atomic mass is 32.2. The van der Waals surface area contributed by atoms with Crippen molar-refractivity contribution in [3.63, 3.8) is 0 Å². The van der Waals surface area contributed by atoms with Crippen molar-refractivity contribution < 1.29 is 17.6 Å². The van der Waals surface area contributed by atoms with Gasteiger partial charge in [0.2, 0.25) is 5.91 Å². The van der Waals surface area contributed by atoms with E-state index < -0.39 is 9.84 Å². The first-order valence-corrected chi connectivity index (χ1v) is 9.28. The van der Waals surface area contributed by atoms with E-state index in [1.165, 1.54) is 0 Å². The average Bonchev–Trinajstić information content (AvgIpc) is 2.99. The lowest BCUT2D eigenvalue weighted by Gasteiger charge is -2.28. The second-order valence-corrected chi connectivity index (χ2v) is 7.89. The molecular weight excluding hydrogens is 290 g/mol. The Bertz CT molecular complexity index is 591. The Balaban J connectivity index is 1.95. The molecule has 2 heterocycles. The van der Waals surface area contributed by atoms with Gasteiger partial charge in [0.15, 0.2) is 9.84 Å². The molecule has 0 aliphatic carbocycles. The summed E-state index contributed by atoms with van der Waals surface area (Å²) in [5, 5.41) is 0. The highest BCUT2D eigenvalue weighted by molar-refractivity contribution is 7.91. The molecule has 0 aromatic carbocycles. The zero-order valence-corrected chi connectivity index (χ0v) is 13.5. The van der Waals surface area contributed by atoms with Gasteiger partial charge in [0.1, 0.15) is 11.5 Å². The maximum absolute atomic E-state index is 12.4. The molecule has 0 N–H and O–H groups in total. The first-order valence-electron chi connectivity index (χ1n) is 7.46. The number of carbonyl (C=O) groups is 1. The Hall–Kier alpha value is -1.30. The lowest BCUT2D eigenvalue weighted by Crippen LogP contribution is -2.41. The van der Waals surface area contributed by atoms with Gasteiger partial charge in [0.25, 0.3) is 0 Å². The Kier molecular flexibility index (Phi) is 5.08. The third-order valence-corrected chi connectivity index (χ3v) is 5.57. The lowest BCUT2D eigenvalue weighted by atomic mass is 10.1. The van der Waals surface area contributed by atoms with Crippen molar-refractivity contribution >= 4 is 15.7 Å². The van der Waals surface area contributed by atoms with E-state index >= 15 is 0 Å².